The molecule has 2 aliphatic heterocycles. The van der Waals surface area contributed by atoms with E-state index in [1.165, 1.54) is 0 Å². The van der Waals surface area contributed by atoms with Crippen LogP contribution in [0.5, 0.6) is 0 Å². The van der Waals surface area contributed by atoms with E-state index >= 15 is 0 Å². The number of rotatable bonds is 10. The number of hydrogen-bond acceptors (Lipinski definition) is 6. The molecule has 0 saturated carbocycles. The van der Waals surface area contributed by atoms with Gasteiger partial charge in [-0.3, -0.25) is 0 Å². The summed E-state index contributed by atoms with van der Waals surface area (Å²) < 4.78 is 34.0. The Kier molecular flexibility index (Phi) is 7.49. The lowest BCUT2D eigenvalue weighted by atomic mass is 9.74. The molecule has 2 aliphatic rings. The van der Waals surface area contributed by atoms with E-state index in [-0.39, 0.29) is 26.4 Å². The van der Waals surface area contributed by atoms with E-state index in [0.717, 1.165) is 10.9 Å². The van der Waals surface area contributed by atoms with Crippen LogP contribution in [0.15, 0.2) is 49.6 Å². The van der Waals surface area contributed by atoms with Crippen molar-refractivity contribution in [3.8, 4) is 0 Å². The highest BCUT2D eigenvalue weighted by Crippen LogP contribution is 2.11. The van der Waals surface area contributed by atoms with Gasteiger partial charge in [-0.1, -0.05) is 36.4 Å². The van der Waals surface area contributed by atoms with Crippen LogP contribution in [0.2, 0.25) is 0 Å². The third kappa shape index (κ3) is 5.30. The van der Waals surface area contributed by atoms with Gasteiger partial charge < -0.3 is 28.1 Å². The van der Waals surface area contributed by atoms with E-state index in [9.17, 15) is 0 Å². The highest BCUT2D eigenvalue weighted by Gasteiger charge is 2.35. The zero-order valence-electron chi connectivity index (χ0n) is 14.9. The summed E-state index contributed by atoms with van der Waals surface area (Å²) in [4.78, 5) is 0. The molecule has 2 heterocycles. The Hall–Kier alpha value is -1.41. The Bertz CT molecular complexity index is 531. The minimum Gasteiger partial charge on any atom is -0.405 e. The van der Waals surface area contributed by atoms with Crippen molar-refractivity contribution in [1.29, 1.82) is 0 Å². The molecule has 6 nitrogen and oxygen atoms in total. The molecule has 2 saturated heterocycles. The van der Waals surface area contributed by atoms with Crippen molar-refractivity contribution in [3.63, 3.8) is 0 Å². The fraction of sp³-hybridized carbons (Fsp3) is 0.444. The molecule has 0 spiro atoms. The second-order valence-electron chi connectivity index (χ2n) is 6.17. The van der Waals surface area contributed by atoms with Crippen molar-refractivity contribution in [2.24, 2.45) is 0 Å². The monoisotopic (exact) mass is 358 g/mol. The molecular weight excluding hydrogens is 334 g/mol. The second-order valence-corrected chi connectivity index (χ2v) is 6.17. The SMILES string of the molecule is C=CCOCC1COB(c2ccc(B3OCC(COCC=C)O3)cc2)O1. The van der Waals surface area contributed by atoms with Gasteiger partial charge in [0.25, 0.3) is 0 Å². The molecule has 2 unspecified atom stereocenters. The van der Waals surface area contributed by atoms with Crippen LogP contribution in [0.25, 0.3) is 0 Å². The van der Waals surface area contributed by atoms with Crippen molar-refractivity contribution in [3.05, 3.63) is 49.6 Å². The number of hydrogen-bond donors (Lipinski definition) is 0. The Labute approximate surface area is 155 Å². The van der Waals surface area contributed by atoms with Gasteiger partial charge in [-0.25, -0.2) is 0 Å². The van der Waals surface area contributed by atoms with Crippen molar-refractivity contribution in [1.82, 2.24) is 0 Å². The summed E-state index contributed by atoms with van der Waals surface area (Å²) in [6, 6.07) is 7.89. The van der Waals surface area contributed by atoms with Crippen LogP contribution in [-0.4, -0.2) is 66.1 Å². The maximum atomic E-state index is 5.86. The highest BCUT2D eigenvalue weighted by molar-refractivity contribution is 6.63. The summed E-state index contributed by atoms with van der Waals surface area (Å²) in [5.41, 5.74) is 1.92. The average molecular weight is 358 g/mol. The largest absolute Gasteiger partial charge is 0.494 e. The smallest absolute Gasteiger partial charge is 0.405 e. The zero-order valence-corrected chi connectivity index (χ0v) is 14.9. The van der Waals surface area contributed by atoms with Crippen LogP contribution >= 0.6 is 0 Å². The van der Waals surface area contributed by atoms with Crippen LogP contribution in [0.4, 0.5) is 0 Å². The molecule has 0 N–H and O–H groups in total. The number of ether oxygens (including phenoxy) is 2. The summed E-state index contributed by atoms with van der Waals surface area (Å²) in [6.45, 7) is 10.3. The Morgan fingerprint density at radius 2 is 1.27 bits per heavy atom. The summed E-state index contributed by atoms with van der Waals surface area (Å²) >= 11 is 0. The maximum absolute atomic E-state index is 5.86. The maximum Gasteiger partial charge on any atom is 0.494 e. The molecule has 138 valence electrons. The fourth-order valence-electron chi connectivity index (χ4n) is 2.80. The molecule has 1 aromatic carbocycles. The van der Waals surface area contributed by atoms with Crippen molar-refractivity contribution in [2.45, 2.75) is 12.2 Å². The van der Waals surface area contributed by atoms with Crippen LogP contribution in [0, 0.1) is 0 Å². The standard InChI is InChI=1S/C18H24B2O6/c1-3-9-21-11-17-13-23-19(25-17)15-5-7-16(8-6-15)20-24-14-18(26-20)12-22-10-4-2/h3-8,17-18H,1-2,9-14H2. The molecule has 0 aliphatic carbocycles. The van der Waals surface area contributed by atoms with E-state index in [0.29, 0.717) is 39.6 Å². The van der Waals surface area contributed by atoms with Gasteiger partial charge in [-0.2, -0.15) is 0 Å². The third-order valence-electron chi connectivity index (χ3n) is 4.06. The Morgan fingerprint density at radius 1 is 0.846 bits per heavy atom. The second kappa shape index (κ2) is 10.1. The molecule has 8 heteroatoms. The fourth-order valence-corrected chi connectivity index (χ4v) is 2.80. The van der Waals surface area contributed by atoms with Crippen molar-refractivity contribution >= 4 is 25.2 Å². The van der Waals surface area contributed by atoms with Gasteiger partial charge in [0.05, 0.1) is 51.8 Å². The van der Waals surface area contributed by atoms with Gasteiger partial charge in [0.1, 0.15) is 0 Å². The van der Waals surface area contributed by atoms with Gasteiger partial charge in [-0.05, 0) is 10.9 Å². The van der Waals surface area contributed by atoms with E-state index in [4.69, 9.17) is 28.1 Å². The van der Waals surface area contributed by atoms with Crippen LogP contribution in [0.1, 0.15) is 0 Å². The quantitative estimate of drug-likeness (QED) is 0.341. The average Bonchev–Trinajstić information content (AvgIpc) is 3.32. The van der Waals surface area contributed by atoms with E-state index in [2.05, 4.69) is 13.2 Å². The van der Waals surface area contributed by atoms with E-state index < -0.39 is 0 Å². The predicted octanol–water partition coefficient (Wildman–Crippen LogP) is 0.313. The summed E-state index contributed by atoms with van der Waals surface area (Å²) in [7, 11) is -0.737. The van der Waals surface area contributed by atoms with Gasteiger partial charge >= 0.3 is 14.2 Å². The molecule has 3 rings (SSSR count). The molecule has 26 heavy (non-hydrogen) atoms. The lowest BCUT2D eigenvalue weighted by molar-refractivity contribution is 0.0750. The van der Waals surface area contributed by atoms with Gasteiger partial charge in [0.2, 0.25) is 0 Å². The minimum atomic E-state index is -0.369. The third-order valence-corrected chi connectivity index (χ3v) is 4.06. The molecule has 1 aromatic rings. The zero-order chi connectivity index (χ0) is 18.2. The molecular formula is C18H24B2O6. The van der Waals surface area contributed by atoms with E-state index in [1.807, 2.05) is 24.3 Å². The molecule has 2 fully saturated rings. The van der Waals surface area contributed by atoms with Gasteiger partial charge in [-0.15, -0.1) is 13.2 Å². The minimum absolute atomic E-state index is 0.0579. The van der Waals surface area contributed by atoms with Crippen LogP contribution < -0.4 is 10.9 Å². The molecule has 0 aromatic heterocycles. The Balaban J connectivity index is 1.47. The molecule has 2 atom stereocenters. The number of benzene rings is 1. The lowest BCUT2D eigenvalue weighted by Crippen LogP contribution is -2.37. The summed E-state index contributed by atoms with van der Waals surface area (Å²) in [6.07, 6.45) is 3.32. The first-order chi connectivity index (χ1) is 12.8. The first kappa shape index (κ1) is 19.4. The summed E-state index contributed by atoms with van der Waals surface area (Å²) in [5, 5.41) is 0. The van der Waals surface area contributed by atoms with Crippen LogP contribution in [-0.2, 0) is 28.1 Å². The predicted molar refractivity (Wildman–Crippen MR) is 101 cm³/mol. The molecule has 0 amide bonds. The Morgan fingerprint density at radius 3 is 1.65 bits per heavy atom. The topological polar surface area (TPSA) is 55.4 Å². The molecule has 0 bridgehead atoms. The van der Waals surface area contributed by atoms with Gasteiger partial charge in [0, 0.05) is 0 Å². The molecule has 0 radical (unpaired) electrons. The van der Waals surface area contributed by atoms with Gasteiger partial charge in [0.15, 0.2) is 0 Å². The first-order valence-electron chi connectivity index (χ1n) is 8.81. The van der Waals surface area contributed by atoms with E-state index in [1.54, 1.807) is 12.2 Å². The van der Waals surface area contributed by atoms with Crippen LogP contribution in [0.3, 0.4) is 0 Å². The lowest BCUT2D eigenvalue weighted by Gasteiger charge is -2.11. The summed E-state index contributed by atoms with van der Waals surface area (Å²) in [5.74, 6) is 0. The highest BCUT2D eigenvalue weighted by atomic mass is 16.7. The van der Waals surface area contributed by atoms with Crippen molar-refractivity contribution in [2.75, 3.05) is 39.6 Å². The van der Waals surface area contributed by atoms with Crippen molar-refractivity contribution < 1.29 is 28.1 Å². The normalized spacial score (nSPS) is 22.8. The first-order valence-corrected chi connectivity index (χ1v) is 8.81.